The molecule has 0 amide bonds. The zero-order valence-electron chi connectivity index (χ0n) is 7.13. The lowest BCUT2D eigenvalue weighted by atomic mass is 9.92. The minimum atomic E-state index is 0.0526. The highest BCUT2D eigenvalue weighted by molar-refractivity contribution is 5.21. The van der Waals surface area contributed by atoms with Gasteiger partial charge >= 0.3 is 0 Å². The minimum Gasteiger partial charge on any atom is -0.368 e. The molecular formula is C8H13N3. The molecule has 0 atom stereocenters. The third-order valence-corrected chi connectivity index (χ3v) is 1.44. The summed E-state index contributed by atoms with van der Waals surface area (Å²) in [5.41, 5.74) is 6.46. The van der Waals surface area contributed by atoms with E-state index in [0.29, 0.717) is 5.95 Å². The van der Waals surface area contributed by atoms with Gasteiger partial charge in [0, 0.05) is 11.6 Å². The van der Waals surface area contributed by atoms with Gasteiger partial charge in [-0.3, -0.25) is 0 Å². The van der Waals surface area contributed by atoms with Crippen LogP contribution in [0.4, 0.5) is 5.95 Å². The maximum Gasteiger partial charge on any atom is 0.220 e. The SMILES string of the molecule is CC(C)(C)c1ccnc(N)n1. The smallest absolute Gasteiger partial charge is 0.220 e. The van der Waals surface area contributed by atoms with Crippen LogP contribution in [-0.2, 0) is 5.41 Å². The van der Waals surface area contributed by atoms with E-state index < -0.39 is 0 Å². The van der Waals surface area contributed by atoms with Crippen molar-refractivity contribution >= 4 is 5.95 Å². The molecule has 0 saturated heterocycles. The Morgan fingerprint density at radius 1 is 1.36 bits per heavy atom. The third-order valence-electron chi connectivity index (χ3n) is 1.44. The van der Waals surface area contributed by atoms with E-state index in [-0.39, 0.29) is 5.41 Å². The van der Waals surface area contributed by atoms with E-state index in [4.69, 9.17) is 5.73 Å². The molecule has 1 aromatic heterocycles. The van der Waals surface area contributed by atoms with Gasteiger partial charge in [0.2, 0.25) is 5.95 Å². The van der Waals surface area contributed by atoms with Crippen molar-refractivity contribution in [2.45, 2.75) is 26.2 Å². The summed E-state index contributed by atoms with van der Waals surface area (Å²) in [5.74, 6) is 0.345. The number of nitrogens with two attached hydrogens (primary N) is 1. The standard InChI is InChI=1S/C8H13N3/c1-8(2,3)6-4-5-10-7(9)11-6/h4-5H,1-3H3,(H2,9,10,11). The summed E-state index contributed by atoms with van der Waals surface area (Å²) in [4.78, 5) is 7.93. The van der Waals surface area contributed by atoms with Gasteiger partial charge in [-0.2, -0.15) is 0 Å². The van der Waals surface area contributed by atoms with Crippen molar-refractivity contribution in [2.75, 3.05) is 5.73 Å². The van der Waals surface area contributed by atoms with Crippen LogP contribution in [0.5, 0.6) is 0 Å². The van der Waals surface area contributed by atoms with E-state index in [1.54, 1.807) is 6.20 Å². The Kier molecular flexibility index (Phi) is 1.81. The van der Waals surface area contributed by atoms with Crippen LogP contribution in [0.15, 0.2) is 12.3 Å². The van der Waals surface area contributed by atoms with Crippen molar-refractivity contribution in [2.24, 2.45) is 0 Å². The van der Waals surface area contributed by atoms with Gasteiger partial charge in [0.25, 0.3) is 0 Å². The average Bonchev–Trinajstić information content (AvgIpc) is 1.86. The highest BCUT2D eigenvalue weighted by Crippen LogP contribution is 2.19. The molecule has 0 bridgehead atoms. The summed E-state index contributed by atoms with van der Waals surface area (Å²) in [5, 5.41) is 0. The second-order valence-electron chi connectivity index (χ2n) is 3.55. The van der Waals surface area contributed by atoms with Crippen molar-refractivity contribution in [1.29, 1.82) is 0 Å². The number of hydrogen-bond donors (Lipinski definition) is 1. The monoisotopic (exact) mass is 151 g/mol. The maximum absolute atomic E-state index is 5.43. The molecule has 0 spiro atoms. The van der Waals surface area contributed by atoms with E-state index in [9.17, 15) is 0 Å². The molecule has 3 nitrogen and oxygen atoms in total. The lowest BCUT2D eigenvalue weighted by molar-refractivity contribution is 0.568. The fourth-order valence-electron chi connectivity index (χ4n) is 0.791. The Hall–Kier alpha value is -1.12. The summed E-state index contributed by atoms with van der Waals surface area (Å²) in [6.07, 6.45) is 1.68. The largest absolute Gasteiger partial charge is 0.368 e. The molecular weight excluding hydrogens is 138 g/mol. The molecule has 0 aliphatic rings. The van der Waals surface area contributed by atoms with Gasteiger partial charge < -0.3 is 5.73 Å². The maximum atomic E-state index is 5.43. The molecule has 0 aliphatic carbocycles. The molecule has 1 rings (SSSR count). The van der Waals surface area contributed by atoms with Gasteiger partial charge in [-0.1, -0.05) is 20.8 Å². The quantitative estimate of drug-likeness (QED) is 0.609. The second-order valence-corrected chi connectivity index (χ2v) is 3.55. The van der Waals surface area contributed by atoms with Crippen LogP contribution in [-0.4, -0.2) is 9.97 Å². The Bertz CT molecular complexity index is 250. The van der Waals surface area contributed by atoms with Gasteiger partial charge in [0.05, 0.1) is 5.69 Å². The molecule has 1 aromatic rings. The van der Waals surface area contributed by atoms with Crippen LogP contribution in [0, 0.1) is 0 Å². The van der Waals surface area contributed by atoms with Crippen molar-refractivity contribution in [1.82, 2.24) is 9.97 Å². The number of nitrogens with zero attached hydrogens (tertiary/aromatic N) is 2. The summed E-state index contributed by atoms with van der Waals surface area (Å²) in [6, 6.07) is 1.89. The second kappa shape index (κ2) is 2.49. The molecule has 0 radical (unpaired) electrons. The Balaban J connectivity index is 3.06. The van der Waals surface area contributed by atoms with E-state index in [0.717, 1.165) is 5.69 Å². The Morgan fingerprint density at radius 3 is 2.36 bits per heavy atom. The zero-order chi connectivity index (χ0) is 8.48. The van der Waals surface area contributed by atoms with Gasteiger partial charge in [-0.05, 0) is 6.07 Å². The fraction of sp³-hybridized carbons (Fsp3) is 0.500. The van der Waals surface area contributed by atoms with Crippen LogP contribution < -0.4 is 5.73 Å². The molecule has 0 unspecified atom stereocenters. The lowest BCUT2D eigenvalue weighted by Gasteiger charge is -2.16. The first-order valence-electron chi connectivity index (χ1n) is 3.59. The zero-order valence-corrected chi connectivity index (χ0v) is 7.13. The van der Waals surface area contributed by atoms with Crippen LogP contribution in [0.3, 0.4) is 0 Å². The first kappa shape index (κ1) is 7.98. The first-order valence-corrected chi connectivity index (χ1v) is 3.59. The first-order chi connectivity index (χ1) is 5.00. The third kappa shape index (κ3) is 1.90. The predicted octanol–water partition coefficient (Wildman–Crippen LogP) is 1.36. The normalized spacial score (nSPS) is 11.5. The summed E-state index contributed by atoms with van der Waals surface area (Å²) in [6.45, 7) is 6.28. The van der Waals surface area contributed by atoms with E-state index in [1.807, 2.05) is 6.07 Å². The minimum absolute atomic E-state index is 0.0526. The molecule has 0 aliphatic heterocycles. The van der Waals surface area contributed by atoms with Crippen LogP contribution in [0.2, 0.25) is 0 Å². The van der Waals surface area contributed by atoms with Gasteiger partial charge in [-0.15, -0.1) is 0 Å². The molecule has 0 fully saturated rings. The topological polar surface area (TPSA) is 51.8 Å². The van der Waals surface area contributed by atoms with Crippen LogP contribution in [0.25, 0.3) is 0 Å². The predicted molar refractivity (Wildman–Crippen MR) is 45.1 cm³/mol. The number of hydrogen-bond acceptors (Lipinski definition) is 3. The molecule has 3 heteroatoms. The highest BCUT2D eigenvalue weighted by Gasteiger charge is 2.14. The van der Waals surface area contributed by atoms with Crippen LogP contribution in [0.1, 0.15) is 26.5 Å². The average molecular weight is 151 g/mol. The van der Waals surface area contributed by atoms with Crippen molar-refractivity contribution in [3.8, 4) is 0 Å². The molecule has 11 heavy (non-hydrogen) atoms. The molecule has 1 heterocycles. The molecule has 0 aromatic carbocycles. The van der Waals surface area contributed by atoms with Crippen molar-refractivity contribution in [3.05, 3.63) is 18.0 Å². The van der Waals surface area contributed by atoms with E-state index in [2.05, 4.69) is 30.7 Å². The summed E-state index contributed by atoms with van der Waals surface area (Å²) in [7, 11) is 0. The molecule has 60 valence electrons. The Morgan fingerprint density at radius 2 is 2.00 bits per heavy atom. The highest BCUT2D eigenvalue weighted by atomic mass is 15.0. The van der Waals surface area contributed by atoms with Crippen molar-refractivity contribution < 1.29 is 0 Å². The van der Waals surface area contributed by atoms with E-state index in [1.165, 1.54) is 0 Å². The fourth-order valence-corrected chi connectivity index (χ4v) is 0.791. The number of aromatic nitrogens is 2. The van der Waals surface area contributed by atoms with E-state index >= 15 is 0 Å². The number of rotatable bonds is 0. The summed E-state index contributed by atoms with van der Waals surface area (Å²) >= 11 is 0. The van der Waals surface area contributed by atoms with Gasteiger partial charge in [0.15, 0.2) is 0 Å². The van der Waals surface area contributed by atoms with Crippen molar-refractivity contribution in [3.63, 3.8) is 0 Å². The number of anilines is 1. The molecule has 2 N–H and O–H groups in total. The van der Waals surface area contributed by atoms with Gasteiger partial charge in [0.1, 0.15) is 0 Å². The number of nitrogen functional groups attached to an aromatic ring is 1. The summed E-state index contributed by atoms with van der Waals surface area (Å²) < 4.78 is 0. The molecule has 0 saturated carbocycles. The Labute approximate surface area is 66.7 Å². The lowest BCUT2D eigenvalue weighted by Crippen LogP contribution is -2.14. The van der Waals surface area contributed by atoms with Gasteiger partial charge in [-0.25, -0.2) is 9.97 Å². The van der Waals surface area contributed by atoms with Crippen LogP contribution >= 0.6 is 0 Å².